The largest absolute Gasteiger partial charge is 0.507 e. The molecule has 176 valence electrons. The lowest BCUT2D eigenvalue weighted by molar-refractivity contribution is -0.140. The number of ketones is 1. The zero-order valence-electron chi connectivity index (χ0n) is 19.9. The van der Waals surface area contributed by atoms with Crippen LogP contribution in [0.25, 0.3) is 5.76 Å². The second-order valence-corrected chi connectivity index (χ2v) is 8.53. The van der Waals surface area contributed by atoms with Crippen molar-refractivity contribution in [1.82, 2.24) is 9.88 Å². The molecule has 1 saturated heterocycles. The Labute approximate surface area is 195 Å². The number of likely N-dealkylation sites (tertiary alicyclic amines) is 1. The summed E-state index contributed by atoms with van der Waals surface area (Å²) in [5, 5.41) is 11.3. The zero-order valence-corrected chi connectivity index (χ0v) is 19.9. The maximum absolute atomic E-state index is 13.1. The van der Waals surface area contributed by atoms with E-state index in [9.17, 15) is 14.7 Å². The van der Waals surface area contributed by atoms with E-state index >= 15 is 0 Å². The van der Waals surface area contributed by atoms with Crippen LogP contribution in [0.15, 0.2) is 48.3 Å². The maximum atomic E-state index is 13.1. The number of aromatic nitrogens is 1. The molecular formula is C26H32N2O5. The molecule has 1 aliphatic rings. The van der Waals surface area contributed by atoms with Crippen LogP contribution in [-0.2, 0) is 14.3 Å². The molecule has 1 fully saturated rings. The quantitative estimate of drug-likeness (QED) is 0.344. The van der Waals surface area contributed by atoms with Crippen LogP contribution in [0.2, 0.25) is 0 Å². The van der Waals surface area contributed by atoms with E-state index in [0.29, 0.717) is 17.7 Å². The molecule has 1 aliphatic heterocycles. The van der Waals surface area contributed by atoms with Crippen LogP contribution in [0.4, 0.5) is 0 Å². The summed E-state index contributed by atoms with van der Waals surface area (Å²) >= 11 is 0. The number of rotatable bonds is 9. The highest BCUT2D eigenvalue weighted by molar-refractivity contribution is 6.46. The normalized spacial score (nSPS) is 17.9. The molecule has 1 aromatic heterocycles. The van der Waals surface area contributed by atoms with Gasteiger partial charge in [-0.1, -0.05) is 13.8 Å². The first kappa shape index (κ1) is 24.5. The number of Topliss-reactive ketones (excluding diaryl/α,β-unsaturated/α-hetero) is 1. The fraction of sp³-hybridized carbons (Fsp3) is 0.423. The Morgan fingerprint density at radius 1 is 1.12 bits per heavy atom. The fourth-order valence-corrected chi connectivity index (χ4v) is 3.98. The van der Waals surface area contributed by atoms with Crippen LogP contribution < -0.4 is 4.74 Å². The average Bonchev–Trinajstić information content (AvgIpc) is 3.04. The number of benzene rings is 1. The molecule has 1 amide bonds. The van der Waals surface area contributed by atoms with Crippen molar-refractivity contribution >= 4 is 17.4 Å². The average molecular weight is 453 g/mol. The molecule has 1 N–H and O–H groups in total. The molecule has 1 atom stereocenters. The third-order valence-corrected chi connectivity index (χ3v) is 5.55. The Balaban J connectivity index is 2.10. The van der Waals surface area contributed by atoms with Gasteiger partial charge in [0, 0.05) is 24.5 Å². The standard InChI is InChI=1S/C26H32N2O5/c1-6-32-21-8-7-19(15-20(21)16(2)3)24(29)22-23(18-9-11-27-12-10-18)28(26(31)25(22)30)13-14-33-17(4)5/h7-12,15-17,23,29H,6,13-14H2,1-5H3/b24-22-. The summed E-state index contributed by atoms with van der Waals surface area (Å²) in [4.78, 5) is 31.6. The molecular weight excluding hydrogens is 420 g/mol. The van der Waals surface area contributed by atoms with Gasteiger partial charge in [0.2, 0.25) is 0 Å². The number of aliphatic hydroxyl groups is 1. The molecule has 7 heteroatoms. The van der Waals surface area contributed by atoms with Gasteiger partial charge in [0.05, 0.1) is 30.9 Å². The van der Waals surface area contributed by atoms with Crippen LogP contribution in [0.5, 0.6) is 5.75 Å². The summed E-state index contributed by atoms with van der Waals surface area (Å²) in [5.41, 5.74) is 2.15. The van der Waals surface area contributed by atoms with E-state index < -0.39 is 17.7 Å². The van der Waals surface area contributed by atoms with Crippen molar-refractivity contribution in [3.63, 3.8) is 0 Å². The maximum Gasteiger partial charge on any atom is 0.295 e. The smallest absolute Gasteiger partial charge is 0.295 e. The highest BCUT2D eigenvalue weighted by Gasteiger charge is 2.46. The van der Waals surface area contributed by atoms with Crippen LogP contribution in [0, 0.1) is 0 Å². The third kappa shape index (κ3) is 5.25. The predicted octanol–water partition coefficient (Wildman–Crippen LogP) is 4.45. The predicted molar refractivity (Wildman–Crippen MR) is 126 cm³/mol. The van der Waals surface area contributed by atoms with Gasteiger partial charge in [-0.25, -0.2) is 0 Å². The highest BCUT2D eigenvalue weighted by Crippen LogP contribution is 2.40. The SMILES string of the molecule is CCOc1ccc(/C(O)=C2/C(=O)C(=O)N(CCOC(C)C)C2c2ccncc2)cc1C(C)C. The van der Waals surface area contributed by atoms with Crippen molar-refractivity contribution in [2.45, 2.75) is 52.7 Å². The van der Waals surface area contributed by atoms with Crippen molar-refractivity contribution in [2.75, 3.05) is 19.8 Å². The molecule has 0 spiro atoms. The molecule has 2 heterocycles. The first-order valence-electron chi connectivity index (χ1n) is 11.3. The Bertz CT molecular complexity index is 1030. The van der Waals surface area contributed by atoms with E-state index in [0.717, 1.165) is 11.3 Å². The van der Waals surface area contributed by atoms with E-state index in [4.69, 9.17) is 9.47 Å². The number of hydrogen-bond acceptors (Lipinski definition) is 6. The monoisotopic (exact) mass is 452 g/mol. The Kier molecular flexibility index (Phi) is 7.87. The molecule has 2 aromatic rings. The first-order chi connectivity index (χ1) is 15.8. The number of carbonyl (C=O) groups is 2. The zero-order chi connectivity index (χ0) is 24.1. The summed E-state index contributed by atoms with van der Waals surface area (Å²) < 4.78 is 11.3. The van der Waals surface area contributed by atoms with Crippen molar-refractivity contribution in [2.24, 2.45) is 0 Å². The molecule has 0 aliphatic carbocycles. The summed E-state index contributed by atoms with van der Waals surface area (Å²) in [6.45, 7) is 10.8. The molecule has 33 heavy (non-hydrogen) atoms. The van der Waals surface area contributed by atoms with Gasteiger partial charge in [-0.15, -0.1) is 0 Å². The van der Waals surface area contributed by atoms with Crippen molar-refractivity contribution < 1.29 is 24.2 Å². The lowest BCUT2D eigenvalue weighted by Gasteiger charge is -2.25. The first-order valence-corrected chi connectivity index (χ1v) is 11.3. The van der Waals surface area contributed by atoms with E-state index in [-0.39, 0.29) is 36.5 Å². The highest BCUT2D eigenvalue weighted by atomic mass is 16.5. The minimum absolute atomic E-state index is 0.000457. The second kappa shape index (κ2) is 10.6. The number of pyridine rings is 1. The fourth-order valence-electron chi connectivity index (χ4n) is 3.98. The Morgan fingerprint density at radius 3 is 2.42 bits per heavy atom. The number of hydrogen-bond donors (Lipinski definition) is 1. The molecule has 1 unspecified atom stereocenters. The molecule has 0 saturated carbocycles. The number of aliphatic hydroxyl groups excluding tert-OH is 1. The molecule has 0 bridgehead atoms. The topological polar surface area (TPSA) is 89.0 Å². The van der Waals surface area contributed by atoms with Gasteiger partial charge >= 0.3 is 0 Å². The van der Waals surface area contributed by atoms with Crippen LogP contribution in [0.3, 0.4) is 0 Å². The number of ether oxygens (including phenoxy) is 2. The van der Waals surface area contributed by atoms with Gasteiger partial charge in [-0.05, 0) is 68.1 Å². The van der Waals surface area contributed by atoms with E-state index in [1.165, 1.54) is 4.90 Å². The van der Waals surface area contributed by atoms with Gasteiger partial charge in [-0.2, -0.15) is 0 Å². The van der Waals surface area contributed by atoms with E-state index in [1.54, 1.807) is 36.7 Å². The lowest BCUT2D eigenvalue weighted by atomic mass is 9.93. The van der Waals surface area contributed by atoms with Gasteiger partial charge in [-0.3, -0.25) is 14.6 Å². The summed E-state index contributed by atoms with van der Waals surface area (Å²) in [6.07, 6.45) is 3.21. The summed E-state index contributed by atoms with van der Waals surface area (Å²) in [6, 6.07) is 8.10. The molecule has 0 radical (unpaired) electrons. The minimum atomic E-state index is -0.724. The van der Waals surface area contributed by atoms with Crippen molar-refractivity contribution in [1.29, 1.82) is 0 Å². The van der Waals surface area contributed by atoms with Crippen LogP contribution in [-0.4, -0.2) is 52.5 Å². The molecule has 7 nitrogen and oxygen atoms in total. The summed E-state index contributed by atoms with van der Waals surface area (Å²) in [5.74, 6) is -0.682. The van der Waals surface area contributed by atoms with E-state index in [1.807, 2.05) is 40.7 Å². The van der Waals surface area contributed by atoms with Crippen molar-refractivity contribution in [3.05, 3.63) is 65.0 Å². The van der Waals surface area contributed by atoms with Crippen molar-refractivity contribution in [3.8, 4) is 5.75 Å². The third-order valence-electron chi connectivity index (χ3n) is 5.55. The number of carbonyl (C=O) groups excluding carboxylic acids is 2. The van der Waals surface area contributed by atoms with Gasteiger partial charge in [0.1, 0.15) is 11.5 Å². The van der Waals surface area contributed by atoms with Gasteiger partial charge in [0.25, 0.3) is 11.7 Å². The second-order valence-electron chi connectivity index (χ2n) is 8.53. The van der Waals surface area contributed by atoms with Gasteiger partial charge in [0.15, 0.2) is 0 Å². The molecule has 3 rings (SSSR count). The van der Waals surface area contributed by atoms with E-state index in [2.05, 4.69) is 4.98 Å². The molecule has 1 aromatic carbocycles. The number of nitrogens with zero attached hydrogens (tertiary/aromatic N) is 2. The van der Waals surface area contributed by atoms with Crippen LogP contribution in [0.1, 0.15) is 63.3 Å². The summed E-state index contributed by atoms with van der Waals surface area (Å²) in [7, 11) is 0. The van der Waals surface area contributed by atoms with Gasteiger partial charge < -0.3 is 19.5 Å². The van der Waals surface area contributed by atoms with Crippen LogP contribution >= 0.6 is 0 Å². The Hall–Kier alpha value is -3.19. The minimum Gasteiger partial charge on any atom is -0.507 e. The lowest BCUT2D eigenvalue weighted by Crippen LogP contribution is -2.33. The number of amides is 1. The Morgan fingerprint density at radius 2 is 1.82 bits per heavy atom.